The minimum Gasteiger partial charge on any atom is -0.378 e. The molecule has 4 heteroatoms. The maximum Gasteiger partial charge on any atom is 0.0948 e. The molecule has 2 unspecified atom stereocenters. The van der Waals surface area contributed by atoms with Crippen LogP contribution in [0.2, 0.25) is 0 Å². The van der Waals surface area contributed by atoms with Crippen LogP contribution < -0.4 is 5.32 Å². The molecule has 112 valence electrons. The summed E-state index contributed by atoms with van der Waals surface area (Å²) in [5.74, 6) is 0. The quantitative estimate of drug-likeness (QED) is 0.886. The Morgan fingerprint density at radius 1 is 1.38 bits per heavy atom. The molecular formula is C17H22N2OS. The van der Waals surface area contributed by atoms with Gasteiger partial charge in [-0.25, -0.2) is 4.98 Å². The molecule has 0 amide bonds. The average molecular weight is 302 g/mol. The van der Waals surface area contributed by atoms with E-state index in [1.54, 1.807) is 11.3 Å². The van der Waals surface area contributed by atoms with E-state index in [1.165, 1.54) is 23.4 Å². The van der Waals surface area contributed by atoms with E-state index in [4.69, 9.17) is 9.72 Å². The molecule has 1 saturated heterocycles. The van der Waals surface area contributed by atoms with Crippen molar-refractivity contribution in [1.29, 1.82) is 0 Å². The van der Waals surface area contributed by atoms with Crippen molar-refractivity contribution >= 4 is 11.3 Å². The Balaban J connectivity index is 1.62. The van der Waals surface area contributed by atoms with E-state index in [0.717, 1.165) is 25.1 Å². The molecule has 2 aromatic rings. The molecule has 0 bridgehead atoms. The number of rotatable bonds is 6. The Labute approximate surface area is 130 Å². The molecule has 1 fully saturated rings. The molecule has 21 heavy (non-hydrogen) atoms. The minimum absolute atomic E-state index is 0.427. The highest BCUT2D eigenvalue weighted by atomic mass is 32.1. The highest BCUT2D eigenvalue weighted by molar-refractivity contribution is 7.09. The summed E-state index contributed by atoms with van der Waals surface area (Å²) in [6.07, 6.45) is 4.89. The number of aromatic nitrogens is 1. The molecule has 0 spiro atoms. The molecule has 0 saturated carbocycles. The number of hydrogen-bond donors (Lipinski definition) is 1. The lowest BCUT2D eigenvalue weighted by atomic mass is 10.0. The fraction of sp³-hybridized carbons (Fsp3) is 0.471. The largest absolute Gasteiger partial charge is 0.378 e. The van der Waals surface area contributed by atoms with Crippen LogP contribution in [0, 0.1) is 0 Å². The second-order valence-corrected chi connectivity index (χ2v) is 6.50. The molecule has 3 rings (SSSR count). The predicted molar refractivity (Wildman–Crippen MR) is 87.7 cm³/mol. The van der Waals surface area contributed by atoms with Gasteiger partial charge in [0.15, 0.2) is 0 Å². The third-order valence-corrected chi connectivity index (χ3v) is 4.89. The van der Waals surface area contributed by atoms with Crippen molar-refractivity contribution in [3.8, 4) is 11.3 Å². The van der Waals surface area contributed by atoms with Crippen LogP contribution >= 0.6 is 11.3 Å². The molecule has 1 aromatic carbocycles. The second-order valence-electron chi connectivity index (χ2n) is 5.55. The van der Waals surface area contributed by atoms with Gasteiger partial charge in [-0.15, -0.1) is 11.3 Å². The molecule has 2 atom stereocenters. The van der Waals surface area contributed by atoms with E-state index >= 15 is 0 Å². The van der Waals surface area contributed by atoms with Crippen molar-refractivity contribution < 1.29 is 4.74 Å². The van der Waals surface area contributed by atoms with Crippen LogP contribution in [0.4, 0.5) is 0 Å². The van der Waals surface area contributed by atoms with Gasteiger partial charge in [-0.3, -0.25) is 0 Å². The smallest absolute Gasteiger partial charge is 0.0948 e. The zero-order valence-electron chi connectivity index (χ0n) is 12.4. The van der Waals surface area contributed by atoms with Crippen LogP contribution in [0.1, 0.15) is 24.3 Å². The number of likely N-dealkylation sites (N-methyl/N-ethyl adjacent to an activating group) is 1. The van der Waals surface area contributed by atoms with Gasteiger partial charge in [0.25, 0.3) is 0 Å². The number of thiazole rings is 1. The summed E-state index contributed by atoms with van der Waals surface area (Å²) in [5.41, 5.74) is 2.28. The molecule has 0 radical (unpaired) electrons. The zero-order valence-corrected chi connectivity index (χ0v) is 13.2. The Hall–Kier alpha value is -1.23. The molecular weight excluding hydrogens is 280 g/mol. The standard InChI is InChI=1S/C17H22N2OS/c1-18-14(10-15-8-5-9-20-15)11-17-19-16(12-21-17)13-6-3-2-4-7-13/h2-4,6-7,12,14-15,18H,5,8-11H2,1H3. The normalized spacial score (nSPS) is 19.8. The zero-order chi connectivity index (χ0) is 14.5. The Kier molecular flexibility index (Phi) is 5.01. The van der Waals surface area contributed by atoms with Crippen molar-refractivity contribution in [2.75, 3.05) is 13.7 Å². The van der Waals surface area contributed by atoms with Gasteiger partial charge in [0, 0.05) is 30.0 Å². The van der Waals surface area contributed by atoms with Gasteiger partial charge in [-0.1, -0.05) is 30.3 Å². The Bertz CT molecular complexity index is 549. The van der Waals surface area contributed by atoms with E-state index in [-0.39, 0.29) is 0 Å². The van der Waals surface area contributed by atoms with E-state index in [2.05, 4.69) is 35.0 Å². The van der Waals surface area contributed by atoms with Gasteiger partial charge in [-0.2, -0.15) is 0 Å². The second kappa shape index (κ2) is 7.16. The summed E-state index contributed by atoms with van der Waals surface area (Å²) in [4.78, 5) is 4.78. The number of benzene rings is 1. The average Bonchev–Trinajstić information content (AvgIpc) is 3.19. The van der Waals surface area contributed by atoms with Gasteiger partial charge >= 0.3 is 0 Å². The minimum atomic E-state index is 0.427. The lowest BCUT2D eigenvalue weighted by Gasteiger charge is -2.18. The van der Waals surface area contributed by atoms with Crippen molar-refractivity contribution in [2.24, 2.45) is 0 Å². The summed E-state index contributed by atoms with van der Waals surface area (Å²) in [6.45, 7) is 0.927. The van der Waals surface area contributed by atoms with Gasteiger partial charge < -0.3 is 10.1 Å². The highest BCUT2D eigenvalue weighted by Crippen LogP contribution is 2.24. The van der Waals surface area contributed by atoms with Gasteiger partial charge in [-0.05, 0) is 26.3 Å². The van der Waals surface area contributed by atoms with Crippen molar-refractivity contribution in [1.82, 2.24) is 10.3 Å². The van der Waals surface area contributed by atoms with Crippen LogP contribution in [-0.4, -0.2) is 30.8 Å². The van der Waals surface area contributed by atoms with Gasteiger partial charge in [0.1, 0.15) is 0 Å². The fourth-order valence-electron chi connectivity index (χ4n) is 2.81. The molecule has 1 N–H and O–H groups in total. The lowest BCUT2D eigenvalue weighted by molar-refractivity contribution is 0.0954. The first-order chi connectivity index (χ1) is 10.3. The maximum absolute atomic E-state index is 5.74. The summed E-state index contributed by atoms with van der Waals surface area (Å²) >= 11 is 1.75. The third kappa shape index (κ3) is 3.90. The molecule has 1 aliphatic rings. The monoisotopic (exact) mass is 302 g/mol. The maximum atomic E-state index is 5.74. The first-order valence-corrected chi connectivity index (χ1v) is 8.52. The fourth-order valence-corrected chi connectivity index (χ4v) is 3.69. The summed E-state index contributed by atoms with van der Waals surface area (Å²) < 4.78 is 5.74. The van der Waals surface area contributed by atoms with Crippen molar-refractivity contribution in [2.45, 2.75) is 37.8 Å². The Morgan fingerprint density at radius 3 is 2.95 bits per heavy atom. The topological polar surface area (TPSA) is 34.2 Å². The van der Waals surface area contributed by atoms with Crippen LogP contribution in [0.5, 0.6) is 0 Å². The van der Waals surface area contributed by atoms with E-state index in [9.17, 15) is 0 Å². The molecule has 1 aliphatic heterocycles. The first-order valence-electron chi connectivity index (χ1n) is 7.64. The van der Waals surface area contributed by atoms with E-state index < -0.39 is 0 Å². The third-order valence-electron chi connectivity index (χ3n) is 4.02. The highest BCUT2D eigenvalue weighted by Gasteiger charge is 2.21. The van der Waals surface area contributed by atoms with Crippen molar-refractivity contribution in [3.63, 3.8) is 0 Å². The first kappa shape index (κ1) is 14.7. The van der Waals surface area contributed by atoms with Crippen LogP contribution in [0.15, 0.2) is 35.7 Å². The molecule has 3 nitrogen and oxygen atoms in total. The van der Waals surface area contributed by atoms with Gasteiger partial charge in [0.05, 0.1) is 16.8 Å². The van der Waals surface area contributed by atoms with Gasteiger partial charge in [0.2, 0.25) is 0 Å². The number of ether oxygens (including phenoxy) is 1. The summed E-state index contributed by atoms with van der Waals surface area (Å²) in [5, 5.41) is 6.77. The summed E-state index contributed by atoms with van der Waals surface area (Å²) in [6, 6.07) is 10.8. The lowest BCUT2D eigenvalue weighted by Crippen LogP contribution is -2.31. The van der Waals surface area contributed by atoms with Crippen molar-refractivity contribution in [3.05, 3.63) is 40.7 Å². The number of nitrogens with zero attached hydrogens (tertiary/aromatic N) is 1. The SMILES string of the molecule is CNC(Cc1nc(-c2ccccc2)cs1)CC1CCCO1. The Morgan fingerprint density at radius 2 is 2.24 bits per heavy atom. The van der Waals surface area contributed by atoms with E-state index in [1.807, 2.05) is 13.1 Å². The molecule has 1 aromatic heterocycles. The van der Waals surface area contributed by atoms with E-state index in [0.29, 0.717) is 12.1 Å². The van der Waals surface area contributed by atoms with Crippen LogP contribution in [-0.2, 0) is 11.2 Å². The number of hydrogen-bond acceptors (Lipinski definition) is 4. The molecule has 0 aliphatic carbocycles. The predicted octanol–water partition coefficient (Wildman–Crippen LogP) is 3.51. The van der Waals surface area contributed by atoms with Crippen LogP contribution in [0.25, 0.3) is 11.3 Å². The summed E-state index contributed by atoms with van der Waals surface area (Å²) in [7, 11) is 2.03. The number of nitrogens with one attached hydrogen (secondary N) is 1. The molecule has 2 heterocycles. The van der Waals surface area contributed by atoms with Crippen LogP contribution in [0.3, 0.4) is 0 Å².